The van der Waals surface area contributed by atoms with Crippen molar-refractivity contribution in [3.05, 3.63) is 56.5 Å². The van der Waals surface area contributed by atoms with Crippen LogP contribution in [-0.4, -0.2) is 32.9 Å². The predicted molar refractivity (Wildman–Crippen MR) is 109 cm³/mol. The lowest BCUT2D eigenvalue weighted by Gasteiger charge is -2.02. The van der Waals surface area contributed by atoms with Crippen LogP contribution in [0.15, 0.2) is 50.3 Å². The van der Waals surface area contributed by atoms with Crippen LogP contribution in [0.4, 0.5) is 5.69 Å². The van der Waals surface area contributed by atoms with E-state index in [1.807, 2.05) is 24.3 Å². The zero-order chi connectivity index (χ0) is 19.4. The van der Waals surface area contributed by atoms with Crippen LogP contribution in [0.1, 0.15) is 5.56 Å². The Balaban J connectivity index is 1.59. The molecule has 0 atom stereocenters. The monoisotopic (exact) mass is 466 g/mol. The van der Waals surface area contributed by atoms with Crippen molar-refractivity contribution >= 4 is 67.1 Å². The highest BCUT2D eigenvalue weighted by Crippen LogP contribution is 2.32. The predicted octanol–water partition coefficient (Wildman–Crippen LogP) is 3.92. The fraction of sp³-hybridized carbons (Fsp3) is 0.0625. The van der Waals surface area contributed by atoms with Gasteiger partial charge in [0.15, 0.2) is 4.34 Å². The van der Waals surface area contributed by atoms with E-state index in [-0.39, 0.29) is 17.2 Å². The molecule has 138 valence electrons. The summed E-state index contributed by atoms with van der Waals surface area (Å²) in [4.78, 5) is 26.5. The third-order valence-electron chi connectivity index (χ3n) is 3.27. The van der Waals surface area contributed by atoms with Crippen LogP contribution in [0.25, 0.3) is 10.2 Å². The average molecular weight is 467 g/mol. The lowest BCUT2D eigenvalue weighted by Crippen LogP contribution is -2.19. The van der Waals surface area contributed by atoms with Crippen LogP contribution < -0.4 is 5.43 Å². The SMILES string of the molecule is O=C(CSc1nc2ccccc2s1)N/N=C\c1cc(Br)cc([N+](=O)[O-])c1O. The first-order valence-electron chi connectivity index (χ1n) is 7.41. The molecule has 0 radical (unpaired) electrons. The highest BCUT2D eigenvalue weighted by atomic mass is 79.9. The van der Waals surface area contributed by atoms with Crippen LogP contribution in [0.3, 0.4) is 0 Å². The van der Waals surface area contributed by atoms with Crippen LogP contribution in [-0.2, 0) is 4.79 Å². The van der Waals surface area contributed by atoms with Crippen molar-refractivity contribution in [2.45, 2.75) is 4.34 Å². The molecule has 2 N–H and O–H groups in total. The Bertz CT molecular complexity index is 1020. The largest absolute Gasteiger partial charge is 0.502 e. The maximum Gasteiger partial charge on any atom is 0.312 e. The van der Waals surface area contributed by atoms with E-state index in [0.717, 1.165) is 20.8 Å². The quantitative estimate of drug-likeness (QED) is 0.246. The number of phenolic OH excluding ortho intramolecular Hbond substituents is 1. The second-order valence-corrected chi connectivity index (χ2v) is 8.32. The zero-order valence-electron chi connectivity index (χ0n) is 13.5. The summed E-state index contributed by atoms with van der Waals surface area (Å²) in [7, 11) is 0. The molecule has 0 aliphatic heterocycles. The molecule has 0 bridgehead atoms. The van der Waals surface area contributed by atoms with Crippen LogP contribution in [0, 0.1) is 10.1 Å². The Morgan fingerprint density at radius 1 is 1.44 bits per heavy atom. The first-order valence-corrected chi connectivity index (χ1v) is 10.0. The Kier molecular flexibility index (Phi) is 6.04. The fourth-order valence-corrected chi connectivity index (χ4v) is 4.41. The molecule has 0 fully saturated rings. The minimum Gasteiger partial charge on any atom is -0.502 e. The zero-order valence-corrected chi connectivity index (χ0v) is 16.7. The molecule has 0 aliphatic rings. The number of rotatable bonds is 6. The summed E-state index contributed by atoms with van der Waals surface area (Å²) >= 11 is 5.91. The number of hydrazone groups is 1. The molecule has 0 aliphatic carbocycles. The smallest absolute Gasteiger partial charge is 0.312 e. The number of para-hydroxylation sites is 1. The topological polar surface area (TPSA) is 118 Å². The van der Waals surface area contributed by atoms with Gasteiger partial charge in [-0.05, 0) is 18.2 Å². The maximum atomic E-state index is 11.9. The number of amides is 1. The van der Waals surface area contributed by atoms with Crippen molar-refractivity contribution in [3.8, 4) is 5.75 Å². The number of benzene rings is 2. The number of nitro groups is 1. The molecule has 0 saturated carbocycles. The molecule has 8 nitrogen and oxygen atoms in total. The number of aromatic nitrogens is 1. The van der Waals surface area contributed by atoms with Crippen LogP contribution >= 0.6 is 39.0 Å². The molecule has 3 rings (SSSR count). The van der Waals surface area contributed by atoms with E-state index in [1.54, 1.807) is 0 Å². The number of thiazole rings is 1. The molecule has 3 aromatic rings. The van der Waals surface area contributed by atoms with E-state index >= 15 is 0 Å². The van der Waals surface area contributed by atoms with E-state index in [2.05, 4.69) is 31.4 Å². The third kappa shape index (κ3) is 4.81. The van der Waals surface area contributed by atoms with E-state index in [4.69, 9.17) is 0 Å². The number of halogens is 1. The Labute approximate surface area is 169 Å². The first-order chi connectivity index (χ1) is 12.9. The molecule has 0 unspecified atom stereocenters. The van der Waals surface area contributed by atoms with Gasteiger partial charge in [-0.2, -0.15) is 5.10 Å². The second-order valence-electron chi connectivity index (χ2n) is 5.15. The number of phenols is 1. The van der Waals surface area contributed by atoms with E-state index in [9.17, 15) is 20.0 Å². The van der Waals surface area contributed by atoms with Gasteiger partial charge in [-0.3, -0.25) is 14.9 Å². The molecule has 0 spiro atoms. The summed E-state index contributed by atoms with van der Waals surface area (Å²) in [5.74, 6) is -0.772. The van der Waals surface area contributed by atoms with E-state index < -0.39 is 16.4 Å². The van der Waals surface area contributed by atoms with Gasteiger partial charge >= 0.3 is 5.69 Å². The molecule has 2 aromatic carbocycles. The Morgan fingerprint density at radius 2 is 2.22 bits per heavy atom. The molecule has 1 amide bonds. The number of hydrogen-bond donors (Lipinski definition) is 2. The van der Waals surface area contributed by atoms with Gasteiger partial charge in [0.2, 0.25) is 5.75 Å². The van der Waals surface area contributed by atoms with Gasteiger partial charge in [-0.15, -0.1) is 11.3 Å². The van der Waals surface area contributed by atoms with Crippen molar-refractivity contribution in [1.82, 2.24) is 10.4 Å². The first kappa shape index (κ1) is 19.3. The molecule has 0 saturated heterocycles. The van der Waals surface area contributed by atoms with Crippen molar-refractivity contribution < 1.29 is 14.8 Å². The third-order valence-corrected chi connectivity index (χ3v) is 5.91. The lowest BCUT2D eigenvalue weighted by molar-refractivity contribution is -0.385. The Hall–Kier alpha value is -2.50. The van der Waals surface area contributed by atoms with Crippen molar-refractivity contribution in [1.29, 1.82) is 0 Å². The number of nitrogens with one attached hydrogen (secondary N) is 1. The van der Waals surface area contributed by atoms with Crippen LogP contribution in [0.2, 0.25) is 0 Å². The van der Waals surface area contributed by atoms with Crippen molar-refractivity contribution in [2.75, 3.05) is 5.75 Å². The molecule has 1 heterocycles. The molecule has 11 heteroatoms. The number of nitrogens with zero attached hydrogens (tertiary/aromatic N) is 3. The number of hydrogen-bond acceptors (Lipinski definition) is 8. The van der Waals surface area contributed by atoms with Gasteiger partial charge in [0.25, 0.3) is 5.91 Å². The maximum absolute atomic E-state index is 11.9. The molecule has 27 heavy (non-hydrogen) atoms. The van der Waals surface area contributed by atoms with E-state index in [0.29, 0.717) is 4.47 Å². The highest BCUT2D eigenvalue weighted by molar-refractivity contribution is 9.10. The normalized spacial score (nSPS) is 11.1. The minimum atomic E-state index is -0.704. The minimum absolute atomic E-state index is 0.107. The number of carbonyl (C=O) groups is 1. The summed E-state index contributed by atoms with van der Waals surface area (Å²) in [5.41, 5.74) is 2.86. The average Bonchev–Trinajstić information content (AvgIpc) is 3.05. The Morgan fingerprint density at radius 3 is 2.96 bits per heavy atom. The van der Waals surface area contributed by atoms with Gasteiger partial charge < -0.3 is 5.11 Å². The summed E-state index contributed by atoms with van der Waals surface area (Å²) in [6.45, 7) is 0. The summed E-state index contributed by atoms with van der Waals surface area (Å²) < 4.78 is 2.23. The van der Waals surface area contributed by atoms with Gasteiger partial charge in [-0.25, -0.2) is 10.4 Å². The van der Waals surface area contributed by atoms with Crippen LogP contribution in [0.5, 0.6) is 5.75 Å². The highest BCUT2D eigenvalue weighted by Gasteiger charge is 2.17. The standard InChI is InChI=1S/C16H11BrN4O4S2/c17-10-5-9(15(23)12(6-10)21(24)25)7-18-20-14(22)8-26-16-19-11-3-1-2-4-13(11)27-16/h1-7,23H,8H2,(H,20,22)/b18-7-. The van der Waals surface area contributed by atoms with Gasteiger partial charge in [0.05, 0.1) is 27.1 Å². The summed E-state index contributed by atoms with van der Waals surface area (Å²) in [6.07, 6.45) is 1.15. The number of carbonyl (C=O) groups excluding carboxylic acids is 1. The van der Waals surface area contributed by atoms with Gasteiger partial charge in [-0.1, -0.05) is 39.8 Å². The second kappa shape index (κ2) is 8.46. The lowest BCUT2D eigenvalue weighted by atomic mass is 10.2. The molecule has 1 aromatic heterocycles. The number of nitro benzene ring substituents is 1. The molecular weight excluding hydrogens is 456 g/mol. The molecular formula is C16H11BrN4O4S2. The number of thioether (sulfide) groups is 1. The number of fused-ring (bicyclic) bond motifs is 1. The van der Waals surface area contributed by atoms with Gasteiger partial charge in [0.1, 0.15) is 0 Å². The fourth-order valence-electron chi connectivity index (χ4n) is 2.09. The van der Waals surface area contributed by atoms with Crippen molar-refractivity contribution in [2.24, 2.45) is 5.10 Å². The number of aromatic hydroxyl groups is 1. The van der Waals surface area contributed by atoms with Gasteiger partial charge in [0, 0.05) is 16.1 Å². The van der Waals surface area contributed by atoms with E-state index in [1.165, 1.54) is 35.2 Å². The van der Waals surface area contributed by atoms with Crippen molar-refractivity contribution in [3.63, 3.8) is 0 Å². The summed E-state index contributed by atoms with van der Waals surface area (Å²) in [5, 5.41) is 24.5. The summed E-state index contributed by atoms with van der Waals surface area (Å²) in [6, 6.07) is 10.3.